The molecular weight excluding hydrogens is 451 g/mol. The van der Waals surface area contributed by atoms with Gasteiger partial charge in [0.05, 0.1) is 29.7 Å². The number of carbonyl (C=O) groups is 3. The molecule has 0 radical (unpaired) electrons. The number of aromatic nitrogens is 1. The summed E-state index contributed by atoms with van der Waals surface area (Å²) in [5.41, 5.74) is 0.344. The van der Waals surface area contributed by atoms with Gasteiger partial charge in [-0.05, 0) is 13.8 Å². The number of anilines is 1. The molecule has 0 aromatic carbocycles. The molecule has 0 aliphatic carbocycles. The third kappa shape index (κ3) is 4.16. The van der Waals surface area contributed by atoms with Crippen molar-refractivity contribution in [2.24, 2.45) is 11.8 Å². The molecule has 3 unspecified atom stereocenters. The second-order valence-electron chi connectivity index (χ2n) is 7.77. The van der Waals surface area contributed by atoms with Gasteiger partial charge in [-0.15, -0.1) is 23.1 Å². The molecule has 9 nitrogen and oxygen atoms in total. The van der Waals surface area contributed by atoms with Crippen LogP contribution >= 0.6 is 23.1 Å². The molecule has 3 aliphatic rings. The quantitative estimate of drug-likeness (QED) is 0.310. The van der Waals surface area contributed by atoms with Crippen LogP contribution in [-0.4, -0.2) is 69.8 Å². The standard InChI is InChI=1S/C19H24N4O5S2.Na/c1-4-20-16(25)11-7-29-19(21-11)22-5-10(6-22)30-15-8(2)13-12(9(3)24)17(26)23(13)14(15)18(27)28;/h7-10,12-13,24H,4-6H2,1-3H3,(H,20,25)(H,27,28);/q;+1/p-1/t8-,9?,12?,13?;/m1./s1. The van der Waals surface area contributed by atoms with E-state index < -0.39 is 18.0 Å². The predicted molar refractivity (Wildman–Crippen MR) is 111 cm³/mol. The first-order valence-electron chi connectivity index (χ1n) is 9.86. The van der Waals surface area contributed by atoms with E-state index in [9.17, 15) is 24.6 Å². The van der Waals surface area contributed by atoms with Gasteiger partial charge in [0.2, 0.25) is 5.91 Å². The molecule has 1 aromatic heterocycles. The molecule has 2 fully saturated rings. The first kappa shape index (κ1) is 24.5. The van der Waals surface area contributed by atoms with Crippen LogP contribution in [0.15, 0.2) is 16.0 Å². The first-order chi connectivity index (χ1) is 14.2. The Kier molecular flexibility index (Phi) is 7.44. The normalized spacial score (nSPS) is 26.1. The second kappa shape index (κ2) is 9.40. The molecule has 12 heteroatoms. The van der Waals surface area contributed by atoms with E-state index in [4.69, 9.17) is 0 Å². The Balaban J connectivity index is 0.00000272. The van der Waals surface area contributed by atoms with Crippen LogP contribution in [0.1, 0.15) is 31.3 Å². The maximum Gasteiger partial charge on any atom is 1.00 e. The number of hydrogen-bond acceptors (Lipinski definition) is 9. The molecule has 4 rings (SSSR count). The van der Waals surface area contributed by atoms with Gasteiger partial charge in [-0.1, -0.05) is 6.92 Å². The number of fused-ring (bicyclic) bond motifs is 1. The average molecular weight is 475 g/mol. The van der Waals surface area contributed by atoms with Crippen LogP contribution in [0.3, 0.4) is 0 Å². The molecule has 0 bridgehead atoms. The number of nitrogens with zero attached hydrogens (tertiary/aromatic N) is 3. The Morgan fingerprint density at radius 2 is 2.13 bits per heavy atom. The number of carboxylic acids is 1. The molecule has 162 valence electrons. The monoisotopic (exact) mass is 474 g/mol. The number of amides is 2. The number of thiazole rings is 1. The van der Waals surface area contributed by atoms with Crippen molar-refractivity contribution in [1.82, 2.24) is 15.2 Å². The van der Waals surface area contributed by atoms with Crippen LogP contribution < -0.4 is 44.9 Å². The van der Waals surface area contributed by atoms with Crippen molar-refractivity contribution in [3.05, 3.63) is 21.7 Å². The maximum absolute atomic E-state index is 12.4. The number of rotatable bonds is 7. The van der Waals surface area contributed by atoms with Gasteiger partial charge in [-0.2, -0.15) is 0 Å². The molecule has 31 heavy (non-hydrogen) atoms. The summed E-state index contributed by atoms with van der Waals surface area (Å²) in [6.07, 6.45) is -0.822. The topological polar surface area (TPSA) is 126 Å². The molecule has 2 saturated heterocycles. The fourth-order valence-corrected chi connectivity index (χ4v) is 6.62. The molecule has 4 atom stereocenters. The van der Waals surface area contributed by atoms with Crippen molar-refractivity contribution in [2.45, 2.75) is 38.2 Å². The van der Waals surface area contributed by atoms with Gasteiger partial charge in [-0.3, -0.25) is 9.59 Å². The Morgan fingerprint density at radius 1 is 1.45 bits per heavy atom. The van der Waals surface area contributed by atoms with Crippen molar-refractivity contribution in [3.63, 3.8) is 0 Å². The van der Waals surface area contributed by atoms with E-state index in [1.54, 1.807) is 12.3 Å². The minimum atomic E-state index is -1.35. The Bertz CT molecular complexity index is 930. The third-order valence-electron chi connectivity index (χ3n) is 5.78. The van der Waals surface area contributed by atoms with Gasteiger partial charge < -0.3 is 30.1 Å². The summed E-state index contributed by atoms with van der Waals surface area (Å²) >= 11 is 2.86. The Hall–Kier alpha value is -1.11. The molecule has 2 amide bonds. The number of hydrogen-bond donors (Lipinski definition) is 2. The van der Waals surface area contributed by atoms with E-state index in [0.717, 1.165) is 5.13 Å². The summed E-state index contributed by atoms with van der Waals surface area (Å²) in [5.74, 6) is -2.65. The summed E-state index contributed by atoms with van der Waals surface area (Å²) < 4.78 is 0. The summed E-state index contributed by atoms with van der Waals surface area (Å²) in [7, 11) is 0. The van der Waals surface area contributed by atoms with Crippen LogP contribution in [0, 0.1) is 11.8 Å². The summed E-state index contributed by atoms with van der Waals surface area (Å²) in [4.78, 5) is 44.4. The second-order valence-corrected chi connectivity index (χ2v) is 9.95. The minimum absolute atomic E-state index is 0. The smallest absolute Gasteiger partial charge is 0.543 e. The molecule has 1 aromatic rings. The van der Waals surface area contributed by atoms with Crippen molar-refractivity contribution in [2.75, 3.05) is 24.5 Å². The van der Waals surface area contributed by atoms with Crippen molar-refractivity contribution >= 4 is 46.0 Å². The molecular formula is C19H23N4NaO5S2. The minimum Gasteiger partial charge on any atom is -0.543 e. The third-order valence-corrected chi connectivity index (χ3v) is 8.13. The van der Waals surface area contributed by atoms with Gasteiger partial charge in [0.1, 0.15) is 5.69 Å². The zero-order chi connectivity index (χ0) is 21.7. The summed E-state index contributed by atoms with van der Waals surface area (Å²) in [6, 6.07) is -0.331. The van der Waals surface area contributed by atoms with Gasteiger partial charge in [0, 0.05) is 41.1 Å². The number of aliphatic carboxylic acids is 1. The first-order valence-corrected chi connectivity index (χ1v) is 11.6. The van der Waals surface area contributed by atoms with Crippen LogP contribution in [0.25, 0.3) is 0 Å². The fourth-order valence-electron chi connectivity index (χ4n) is 4.28. The molecule has 4 heterocycles. The van der Waals surface area contributed by atoms with Gasteiger partial charge >= 0.3 is 29.6 Å². The van der Waals surface area contributed by atoms with Crippen LogP contribution in [0.4, 0.5) is 5.13 Å². The van der Waals surface area contributed by atoms with Crippen LogP contribution in [0.5, 0.6) is 0 Å². The maximum atomic E-state index is 12.4. The summed E-state index contributed by atoms with van der Waals surface area (Å²) in [5, 5.41) is 27.0. The van der Waals surface area contributed by atoms with E-state index in [1.807, 2.05) is 18.7 Å². The van der Waals surface area contributed by atoms with Crippen LogP contribution in [-0.2, 0) is 9.59 Å². The fraction of sp³-hybridized carbons (Fsp3) is 0.579. The van der Waals surface area contributed by atoms with Crippen LogP contribution in [0.2, 0.25) is 0 Å². The van der Waals surface area contributed by atoms with E-state index in [0.29, 0.717) is 30.2 Å². The number of nitrogens with one attached hydrogen (secondary N) is 1. The summed E-state index contributed by atoms with van der Waals surface area (Å²) in [6.45, 7) is 7.18. The largest absolute Gasteiger partial charge is 1.00 e. The molecule has 0 spiro atoms. The number of carboxylic acid groups (broad SMARTS) is 1. The zero-order valence-electron chi connectivity index (χ0n) is 17.8. The number of carbonyl (C=O) groups excluding carboxylic acids is 3. The average Bonchev–Trinajstić information content (AvgIpc) is 3.20. The molecule has 3 aliphatic heterocycles. The van der Waals surface area contributed by atoms with E-state index in [2.05, 4.69) is 10.3 Å². The molecule has 0 saturated carbocycles. The number of aliphatic hydroxyl groups is 1. The van der Waals surface area contributed by atoms with E-state index in [1.165, 1.54) is 28.0 Å². The number of β-lactam (4-membered cyclic amide) rings is 1. The number of aliphatic hydroxyl groups excluding tert-OH is 1. The van der Waals surface area contributed by atoms with E-state index in [-0.39, 0.29) is 64.3 Å². The van der Waals surface area contributed by atoms with Crippen molar-refractivity contribution < 1.29 is 54.2 Å². The van der Waals surface area contributed by atoms with Crippen molar-refractivity contribution in [1.29, 1.82) is 0 Å². The van der Waals surface area contributed by atoms with Gasteiger partial charge in [0.15, 0.2) is 5.13 Å². The zero-order valence-corrected chi connectivity index (χ0v) is 21.5. The number of thioether (sulfide) groups is 1. The SMILES string of the molecule is CCNC(=O)c1csc(N2CC(SC3=C(C(=O)[O-])N4C(=O)C(C(C)O)C4[C@H]3C)C2)n1.[Na+]. The van der Waals surface area contributed by atoms with E-state index >= 15 is 0 Å². The van der Waals surface area contributed by atoms with Gasteiger partial charge in [-0.25, -0.2) is 4.98 Å². The van der Waals surface area contributed by atoms with Gasteiger partial charge in [0.25, 0.3) is 5.91 Å². The predicted octanol–water partition coefficient (Wildman–Crippen LogP) is -3.36. The Morgan fingerprint density at radius 3 is 2.71 bits per heavy atom. The Labute approximate surface area is 210 Å². The van der Waals surface area contributed by atoms with Crippen molar-refractivity contribution in [3.8, 4) is 0 Å². The molecule has 2 N–H and O–H groups in total.